The zero-order valence-electron chi connectivity index (χ0n) is 20.2. The van der Waals surface area contributed by atoms with Gasteiger partial charge in [0, 0.05) is 18.1 Å². The van der Waals surface area contributed by atoms with Gasteiger partial charge in [-0.1, -0.05) is 64.0 Å². The first kappa shape index (κ1) is 25.4. The normalized spacial score (nSPS) is 13.0. The van der Waals surface area contributed by atoms with Crippen LogP contribution in [0.1, 0.15) is 50.7 Å². The lowest BCUT2D eigenvalue weighted by molar-refractivity contribution is 0.334. The Labute approximate surface area is 197 Å². The molecule has 0 saturated carbocycles. The molecule has 2 aromatic heterocycles. The second kappa shape index (κ2) is 12.2. The van der Waals surface area contributed by atoms with Crippen molar-refractivity contribution in [3.63, 3.8) is 0 Å². The van der Waals surface area contributed by atoms with E-state index in [-0.39, 0.29) is 0 Å². The maximum atomic E-state index is 5.82. The fourth-order valence-electron chi connectivity index (χ4n) is 3.13. The van der Waals surface area contributed by atoms with E-state index >= 15 is 0 Å². The van der Waals surface area contributed by atoms with E-state index in [9.17, 15) is 0 Å². The first-order chi connectivity index (χ1) is 15.9. The van der Waals surface area contributed by atoms with Crippen LogP contribution in [0.15, 0.2) is 91.1 Å². The van der Waals surface area contributed by atoms with Crippen LogP contribution in [0.2, 0.25) is 0 Å². The predicted octanol–water partition coefficient (Wildman–Crippen LogP) is 7.52. The van der Waals surface area contributed by atoms with Gasteiger partial charge in [-0.2, -0.15) is 0 Å². The number of aliphatic imine (C=N–C) groups is 1. The molecule has 2 rings (SSSR count). The molecule has 0 unspecified atom stereocenters. The number of nitrogens with zero attached hydrogens (tertiary/aromatic N) is 4. The van der Waals surface area contributed by atoms with Crippen molar-refractivity contribution in [2.75, 3.05) is 0 Å². The smallest absolute Gasteiger partial charge is 0.221 e. The molecule has 0 fully saturated rings. The molecule has 0 aliphatic carbocycles. The van der Waals surface area contributed by atoms with E-state index in [0.717, 1.165) is 47.1 Å². The highest BCUT2D eigenvalue weighted by Gasteiger charge is 2.17. The summed E-state index contributed by atoms with van der Waals surface area (Å²) in [5.41, 5.74) is 3.58. The molecular formula is C28H34N4O. The van der Waals surface area contributed by atoms with Gasteiger partial charge in [0.1, 0.15) is 17.3 Å². The number of allylic oxidation sites excluding steroid dienone is 7. The van der Waals surface area contributed by atoms with E-state index in [0.29, 0.717) is 11.5 Å². The third-order valence-electron chi connectivity index (χ3n) is 4.92. The number of ether oxygens (including phenoxy) is 1. The van der Waals surface area contributed by atoms with E-state index in [4.69, 9.17) is 9.72 Å². The van der Waals surface area contributed by atoms with Gasteiger partial charge in [-0.25, -0.2) is 9.98 Å². The lowest BCUT2D eigenvalue weighted by atomic mass is 10.2. The van der Waals surface area contributed by atoms with Crippen molar-refractivity contribution < 1.29 is 4.74 Å². The standard InChI is InChI=1S/C28H34N4O/c1-9-13-14-15-16-17-22(6)33-24(8)21(5)19-25-20-31-23(7)26(11-3)30-28(31)32(25)27(12-4)29-18-10-2/h10-12,14-20H,2-3,6,8-9,13H2,1,4-5,7H3/b15-14-,17-16-,21-19-,27-12+,29-18-. The van der Waals surface area contributed by atoms with E-state index in [1.54, 1.807) is 18.4 Å². The van der Waals surface area contributed by atoms with Crippen LogP contribution in [-0.2, 0) is 4.74 Å². The lowest BCUT2D eigenvalue weighted by Crippen LogP contribution is -2.00. The van der Waals surface area contributed by atoms with Crippen molar-refractivity contribution in [3.8, 4) is 0 Å². The predicted molar refractivity (Wildman–Crippen MR) is 143 cm³/mol. The van der Waals surface area contributed by atoms with Crippen molar-refractivity contribution in [1.29, 1.82) is 0 Å². The monoisotopic (exact) mass is 442 g/mol. The first-order valence-electron chi connectivity index (χ1n) is 11.0. The van der Waals surface area contributed by atoms with Crippen molar-refractivity contribution in [2.24, 2.45) is 4.99 Å². The zero-order valence-corrected chi connectivity index (χ0v) is 20.2. The molecule has 172 valence electrons. The van der Waals surface area contributed by atoms with Crippen LogP contribution in [-0.4, -0.2) is 20.2 Å². The molecule has 2 heterocycles. The van der Waals surface area contributed by atoms with E-state index < -0.39 is 0 Å². The van der Waals surface area contributed by atoms with Crippen molar-refractivity contribution in [3.05, 3.63) is 103 Å². The van der Waals surface area contributed by atoms with Crippen LogP contribution in [0, 0.1) is 6.92 Å². The Morgan fingerprint density at radius 2 is 2.00 bits per heavy atom. The van der Waals surface area contributed by atoms with Crippen LogP contribution in [0.3, 0.4) is 0 Å². The summed E-state index contributed by atoms with van der Waals surface area (Å²) in [6, 6.07) is 0. The van der Waals surface area contributed by atoms with E-state index in [2.05, 4.69) is 44.3 Å². The molecular weight excluding hydrogens is 408 g/mol. The summed E-state index contributed by atoms with van der Waals surface area (Å²) >= 11 is 0. The maximum absolute atomic E-state index is 5.82. The van der Waals surface area contributed by atoms with Gasteiger partial charge in [0.15, 0.2) is 0 Å². The number of imidazole rings is 2. The third-order valence-corrected chi connectivity index (χ3v) is 4.92. The fraction of sp³-hybridized carbons (Fsp3) is 0.214. The van der Waals surface area contributed by atoms with Gasteiger partial charge in [0.25, 0.3) is 0 Å². The molecule has 0 spiro atoms. The lowest BCUT2D eigenvalue weighted by Gasteiger charge is -2.10. The number of fused-ring (bicyclic) bond motifs is 1. The van der Waals surface area contributed by atoms with Gasteiger partial charge in [-0.3, -0.25) is 8.97 Å². The molecule has 0 N–H and O–H groups in total. The minimum absolute atomic E-state index is 0.521. The van der Waals surface area contributed by atoms with E-state index in [1.807, 2.05) is 66.3 Å². The number of aromatic nitrogens is 3. The summed E-state index contributed by atoms with van der Waals surface area (Å²) < 4.78 is 9.82. The van der Waals surface area contributed by atoms with Crippen LogP contribution in [0.5, 0.6) is 0 Å². The molecule has 5 nitrogen and oxygen atoms in total. The molecule has 33 heavy (non-hydrogen) atoms. The van der Waals surface area contributed by atoms with E-state index in [1.165, 1.54) is 0 Å². The minimum Gasteiger partial charge on any atom is -0.458 e. The SMILES string of the molecule is C=C/C=N\C(=C/C)n1c(/C=C(/C)C(=C)OC(=C)/C=C\C=C/CCC)cn2c(C)c(C=C)nc12. The number of unbranched alkanes of at least 4 members (excludes halogenated alkanes) is 1. The summed E-state index contributed by atoms with van der Waals surface area (Å²) in [5.74, 6) is 2.51. The molecule has 0 aromatic carbocycles. The number of hydrogen-bond acceptors (Lipinski definition) is 3. The fourth-order valence-corrected chi connectivity index (χ4v) is 3.13. The Morgan fingerprint density at radius 1 is 1.24 bits per heavy atom. The van der Waals surface area contributed by atoms with Crippen molar-refractivity contribution >= 4 is 30.0 Å². The zero-order chi connectivity index (χ0) is 24.4. The average molecular weight is 443 g/mol. The topological polar surface area (TPSA) is 43.8 Å². The Balaban J connectivity index is 2.41. The van der Waals surface area contributed by atoms with Gasteiger partial charge in [-0.15, -0.1) is 0 Å². The number of aryl methyl sites for hydroxylation is 1. The molecule has 2 aromatic rings. The van der Waals surface area contributed by atoms with Gasteiger partial charge in [-0.05, 0) is 57.1 Å². The molecule has 0 aliphatic heterocycles. The third kappa shape index (κ3) is 6.32. The first-order valence-corrected chi connectivity index (χ1v) is 11.0. The highest BCUT2D eigenvalue weighted by atomic mass is 16.5. The Bertz CT molecular complexity index is 1190. The molecule has 0 amide bonds. The highest BCUT2D eigenvalue weighted by Crippen LogP contribution is 2.25. The Kier molecular flexibility index (Phi) is 9.43. The van der Waals surface area contributed by atoms with Gasteiger partial charge >= 0.3 is 0 Å². The summed E-state index contributed by atoms with van der Waals surface area (Å²) in [7, 11) is 0. The Hall–Kier alpha value is -3.86. The molecule has 0 bridgehead atoms. The summed E-state index contributed by atoms with van der Waals surface area (Å²) in [6.07, 6.45) is 21.0. The Morgan fingerprint density at radius 3 is 2.64 bits per heavy atom. The van der Waals surface area contributed by atoms with Crippen LogP contribution < -0.4 is 0 Å². The molecule has 0 atom stereocenters. The number of hydrogen-bond donors (Lipinski definition) is 0. The number of rotatable bonds is 12. The summed E-state index contributed by atoms with van der Waals surface area (Å²) in [4.78, 5) is 9.26. The highest BCUT2D eigenvalue weighted by molar-refractivity contribution is 5.77. The second-order valence-electron chi connectivity index (χ2n) is 7.40. The quantitative estimate of drug-likeness (QED) is 0.194. The molecule has 0 radical (unpaired) electrons. The van der Waals surface area contributed by atoms with Crippen LogP contribution in [0.4, 0.5) is 0 Å². The van der Waals surface area contributed by atoms with Crippen molar-refractivity contribution in [1.82, 2.24) is 14.0 Å². The minimum atomic E-state index is 0.521. The largest absolute Gasteiger partial charge is 0.458 e. The molecule has 5 heteroatoms. The van der Waals surface area contributed by atoms with Gasteiger partial charge in [0.2, 0.25) is 5.78 Å². The summed E-state index contributed by atoms with van der Waals surface area (Å²) in [5, 5.41) is 0. The molecule has 0 aliphatic rings. The van der Waals surface area contributed by atoms with Gasteiger partial charge < -0.3 is 4.74 Å². The van der Waals surface area contributed by atoms with Crippen LogP contribution >= 0.6 is 0 Å². The average Bonchev–Trinajstić information content (AvgIpc) is 3.30. The summed E-state index contributed by atoms with van der Waals surface area (Å²) in [6.45, 7) is 23.7. The van der Waals surface area contributed by atoms with Crippen molar-refractivity contribution in [2.45, 2.75) is 40.5 Å². The maximum Gasteiger partial charge on any atom is 0.221 e. The second-order valence-corrected chi connectivity index (χ2v) is 7.40. The molecule has 0 saturated heterocycles. The van der Waals surface area contributed by atoms with Crippen LogP contribution in [0.25, 0.3) is 23.8 Å². The van der Waals surface area contributed by atoms with Gasteiger partial charge in [0.05, 0.1) is 11.4 Å².